The van der Waals surface area contributed by atoms with Crippen LogP contribution in [-0.4, -0.2) is 37.4 Å². The zero-order valence-electron chi connectivity index (χ0n) is 32.1. The van der Waals surface area contributed by atoms with E-state index in [2.05, 4.69) is 36.0 Å². The monoisotopic (exact) mass is 817 g/mol. The van der Waals surface area contributed by atoms with E-state index in [0.717, 1.165) is 33.3 Å². The van der Waals surface area contributed by atoms with Gasteiger partial charge < -0.3 is 25.0 Å². The number of phenols is 1. The van der Waals surface area contributed by atoms with Crippen LogP contribution >= 0.6 is 0 Å². The number of fused-ring (bicyclic) bond motifs is 3. The van der Waals surface area contributed by atoms with Crippen molar-refractivity contribution in [1.82, 2.24) is 0 Å². The Labute approximate surface area is 343 Å². The molecule has 0 radical (unpaired) electrons. The van der Waals surface area contributed by atoms with E-state index < -0.39 is 10.1 Å². The lowest BCUT2D eigenvalue weighted by atomic mass is 10.1. The second-order valence-electron chi connectivity index (χ2n) is 13.4. The Bertz CT molecular complexity index is 3130. The summed E-state index contributed by atoms with van der Waals surface area (Å²) in [5.74, 6) is 0.956. The number of rotatable bonds is 12. The van der Waals surface area contributed by atoms with Gasteiger partial charge in [0.1, 0.15) is 22.9 Å². The summed E-state index contributed by atoms with van der Waals surface area (Å²) in [6.45, 7) is -0.368. The van der Waals surface area contributed by atoms with Crippen molar-refractivity contribution < 1.29 is 32.7 Å². The van der Waals surface area contributed by atoms with Gasteiger partial charge in [0.15, 0.2) is 5.75 Å². The van der Waals surface area contributed by atoms with Crippen LogP contribution in [0.5, 0.6) is 17.2 Å². The van der Waals surface area contributed by atoms with Crippen LogP contribution in [0.3, 0.4) is 0 Å². The van der Waals surface area contributed by atoms with Crippen molar-refractivity contribution in [3.05, 3.63) is 145 Å². The molecule has 0 aromatic heterocycles. The van der Waals surface area contributed by atoms with Gasteiger partial charge in [0.25, 0.3) is 10.1 Å². The molecular formula is C45H35N7O7S. The Hall–Kier alpha value is -7.59. The van der Waals surface area contributed by atoms with Gasteiger partial charge in [0.2, 0.25) is 0 Å². The van der Waals surface area contributed by atoms with E-state index in [1.54, 1.807) is 49.6 Å². The molecule has 15 heteroatoms. The van der Waals surface area contributed by atoms with Crippen LogP contribution in [0.1, 0.15) is 5.56 Å². The van der Waals surface area contributed by atoms with Gasteiger partial charge in [0, 0.05) is 44.5 Å². The number of azo groups is 3. The molecule has 0 bridgehead atoms. The molecule has 8 aromatic rings. The minimum atomic E-state index is -4.59. The first kappa shape index (κ1) is 39.2. The Morgan fingerprint density at radius 1 is 0.533 bits per heavy atom. The Balaban J connectivity index is 1.10. The summed E-state index contributed by atoms with van der Waals surface area (Å²) in [5, 5.41) is 55.3. The average Bonchev–Trinajstić information content (AvgIpc) is 3.27. The number of methoxy groups -OCH3 is 2. The quantitative estimate of drug-likeness (QED) is 0.0689. The van der Waals surface area contributed by atoms with E-state index in [1.165, 1.54) is 25.3 Å². The van der Waals surface area contributed by atoms with Crippen molar-refractivity contribution in [3.8, 4) is 17.2 Å². The fourth-order valence-corrected chi connectivity index (χ4v) is 7.12. The third-order valence-electron chi connectivity index (χ3n) is 9.70. The molecule has 0 aliphatic heterocycles. The van der Waals surface area contributed by atoms with Crippen molar-refractivity contribution in [2.45, 2.75) is 11.5 Å². The highest BCUT2D eigenvalue weighted by Gasteiger charge is 2.16. The van der Waals surface area contributed by atoms with Gasteiger partial charge >= 0.3 is 0 Å². The third kappa shape index (κ3) is 8.21. The molecule has 0 aliphatic rings. The van der Waals surface area contributed by atoms with E-state index in [-0.39, 0.29) is 39.7 Å². The number of ether oxygens (including phenoxy) is 2. The van der Waals surface area contributed by atoms with Gasteiger partial charge in [-0.1, -0.05) is 48.5 Å². The molecular weight excluding hydrogens is 783 g/mol. The number of benzene rings is 8. The minimum Gasteiger partial charge on any atom is -0.505 e. The average molecular weight is 818 g/mol. The van der Waals surface area contributed by atoms with Crippen LogP contribution in [0.25, 0.3) is 32.3 Å². The molecule has 0 amide bonds. The van der Waals surface area contributed by atoms with Crippen molar-refractivity contribution in [2.75, 3.05) is 19.5 Å². The van der Waals surface area contributed by atoms with Crippen LogP contribution in [0.15, 0.2) is 175 Å². The number of hydrogen-bond acceptors (Lipinski definition) is 13. The smallest absolute Gasteiger partial charge is 0.294 e. The summed E-state index contributed by atoms with van der Waals surface area (Å²) < 4.78 is 45.1. The lowest BCUT2D eigenvalue weighted by Gasteiger charge is -2.10. The number of nitrogens with zero attached hydrogens (tertiary/aromatic N) is 6. The van der Waals surface area contributed by atoms with Gasteiger partial charge in [-0.15, -0.1) is 25.6 Å². The molecule has 14 nitrogen and oxygen atoms in total. The lowest BCUT2D eigenvalue weighted by molar-refractivity contribution is 0.282. The summed E-state index contributed by atoms with van der Waals surface area (Å²) in [4.78, 5) is -0.365. The zero-order valence-corrected chi connectivity index (χ0v) is 32.9. The molecule has 8 aromatic carbocycles. The first-order chi connectivity index (χ1) is 29.1. The molecule has 298 valence electrons. The van der Waals surface area contributed by atoms with E-state index in [4.69, 9.17) is 9.47 Å². The van der Waals surface area contributed by atoms with Crippen LogP contribution in [0.4, 0.5) is 45.5 Å². The van der Waals surface area contributed by atoms with E-state index >= 15 is 0 Å². The summed E-state index contributed by atoms with van der Waals surface area (Å²) in [6, 6.07) is 40.3. The second-order valence-corrected chi connectivity index (χ2v) is 14.8. The van der Waals surface area contributed by atoms with Crippen molar-refractivity contribution in [2.24, 2.45) is 30.7 Å². The number of aliphatic hydroxyl groups is 1. The molecule has 8 rings (SSSR count). The third-order valence-corrected chi connectivity index (χ3v) is 10.6. The van der Waals surface area contributed by atoms with Crippen molar-refractivity contribution in [1.29, 1.82) is 0 Å². The van der Waals surface area contributed by atoms with E-state index in [1.807, 2.05) is 78.9 Å². The highest BCUT2D eigenvalue weighted by molar-refractivity contribution is 7.85. The van der Waals surface area contributed by atoms with Crippen LogP contribution in [0.2, 0.25) is 0 Å². The first-order valence-electron chi connectivity index (χ1n) is 18.4. The van der Waals surface area contributed by atoms with Crippen LogP contribution < -0.4 is 14.8 Å². The Kier molecular flexibility index (Phi) is 10.9. The maximum absolute atomic E-state index is 12.2. The summed E-state index contributed by atoms with van der Waals surface area (Å²) in [5.41, 5.74) is 4.15. The van der Waals surface area contributed by atoms with Gasteiger partial charge in [-0.2, -0.15) is 13.5 Å². The highest BCUT2D eigenvalue weighted by atomic mass is 32.2. The predicted molar refractivity (Wildman–Crippen MR) is 231 cm³/mol. The fraction of sp³-hybridized carbons (Fsp3) is 0.0667. The minimum absolute atomic E-state index is 0.0992. The van der Waals surface area contributed by atoms with Gasteiger partial charge in [-0.05, 0) is 95.7 Å². The summed E-state index contributed by atoms with van der Waals surface area (Å²) >= 11 is 0. The van der Waals surface area contributed by atoms with Crippen LogP contribution in [-0.2, 0) is 16.7 Å². The molecule has 4 N–H and O–H groups in total. The number of aliphatic hydroxyl groups excluding tert-OH is 1. The largest absolute Gasteiger partial charge is 0.505 e. The van der Waals surface area contributed by atoms with Crippen molar-refractivity contribution >= 4 is 87.9 Å². The molecule has 0 heterocycles. The van der Waals surface area contributed by atoms with Crippen LogP contribution in [0, 0.1) is 0 Å². The molecule has 60 heavy (non-hydrogen) atoms. The standard InChI is InChI=1S/C45H35N7O7S/c1-58-32-14-11-30(12-15-32)46-31-13-17-35-28(22-31)10-19-41(45(35)54)50-49-40-21-20-39(36-18-16-33(24-37(36)40)60(55,56)57)48-52-43-23-29(26-53)42(25-44(43)59-2)51-47-38-9-5-7-27-6-3-4-8-34(27)38/h3-25,46,53-54H,26H2,1-2H3,(H,55,56,57). The van der Waals surface area contributed by atoms with E-state index in [0.29, 0.717) is 39.1 Å². The molecule has 0 fully saturated rings. The fourth-order valence-electron chi connectivity index (χ4n) is 6.61. The Morgan fingerprint density at radius 3 is 1.90 bits per heavy atom. The van der Waals surface area contributed by atoms with Gasteiger partial charge in [0.05, 0.1) is 48.5 Å². The second kappa shape index (κ2) is 16.7. The normalized spacial score (nSPS) is 12.1. The molecule has 0 aliphatic carbocycles. The molecule has 0 atom stereocenters. The highest BCUT2D eigenvalue weighted by Crippen LogP contribution is 2.42. The maximum atomic E-state index is 12.2. The van der Waals surface area contributed by atoms with Gasteiger partial charge in [-0.25, -0.2) is 0 Å². The molecule has 0 saturated heterocycles. The number of nitrogens with one attached hydrogen (secondary N) is 1. The molecule has 0 spiro atoms. The summed E-state index contributed by atoms with van der Waals surface area (Å²) in [6.07, 6.45) is 0. The Morgan fingerprint density at radius 2 is 1.17 bits per heavy atom. The topological polar surface area (TPSA) is 199 Å². The number of aromatic hydroxyl groups is 1. The SMILES string of the molecule is COc1ccc(Nc2ccc3c(O)c(N=Nc4ccc(N=Nc5cc(CO)c(N=Nc6cccc7ccccc67)cc5OC)c5ccc(S(=O)(=O)O)cc45)ccc3c2)cc1. The first-order valence-corrected chi connectivity index (χ1v) is 19.8. The summed E-state index contributed by atoms with van der Waals surface area (Å²) in [7, 11) is -1.52. The van der Waals surface area contributed by atoms with Crippen molar-refractivity contribution in [3.63, 3.8) is 0 Å². The maximum Gasteiger partial charge on any atom is 0.294 e. The number of hydrogen-bond donors (Lipinski definition) is 4. The van der Waals surface area contributed by atoms with E-state index in [9.17, 15) is 23.2 Å². The predicted octanol–water partition coefficient (Wildman–Crippen LogP) is 12.6. The molecule has 0 saturated carbocycles. The lowest BCUT2D eigenvalue weighted by Crippen LogP contribution is -1.97. The zero-order chi connectivity index (χ0) is 41.8. The van der Waals surface area contributed by atoms with Gasteiger partial charge in [-0.3, -0.25) is 4.55 Å². The molecule has 0 unspecified atom stereocenters. The number of phenolic OH excluding ortho intramolecular Hbond substituents is 1. The number of anilines is 2.